The number of likely N-dealkylation sites (tertiary alicyclic amines) is 1. The lowest BCUT2D eigenvalue weighted by molar-refractivity contribution is 0.229. The molecule has 104 valence electrons. The molecule has 0 aromatic heterocycles. The number of nitrogens with zero attached hydrogens (tertiary/aromatic N) is 2. The molecular formula is C14H20ClN3O. The van der Waals surface area contributed by atoms with E-state index < -0.39 is 6.03 Å². The lowest BCUT2D eigenvalue weighted by atomic mass is 10.1. The van der Waals surface area contributed by atoms with E-state index in [-0.39, 0.29) is 0 Å². The third kappa shape index (κ3) is 4.11. The van der Waals surface area contributed by atoms with Crippen LogP contribution in [0.5, 0.6) is 0 Å². The number of primary amides is 1. The Kier molecular flexibility index (Phi) is 5.05. The van der Waals surface area contributed by atoms with Gasteiger partial charge in [0.1, 0.15) is 0 Å². The van der Waals surface area contributed by atoms with Gasteiger partial charge in [-0.25, -0.2) is 4.79 Å². The normalized spacial score (nSPS) is 16.3. The summed E-state index contributed by atoms with van der Waals surface area (Å²) in [7, 11) is 0. The van der Waals surface area contributed by atoms with Crippen LogP contribution < -0.4 is 10.6 Å². The van der Waals surface area contributed by atoms with Gasteiger partial charge in [0.2, 0.25) is 0 Å². The summed E-state index contributed by atoms with van der Waals surface area (Å²) < 4.78 is 0. The van der Waals surface area contributed by atoms with E-state index in [1.807, 2.05) is 12.1 Å². The van der Waals surface area contributed by atoms with Crippen LogP contribution in [0.4, 0.5) is 10.5 Å². The van der Waals surface area contributed by atoms with Crippen molar-refractivity contribution in [1.82, 2.24) is 4.90 Å². The predicted molar refractivity (Wildman–Crippen MR) is 78.7 cm³/mol. The number of halogens is 1. The molecule has 0 aliphatic carbocycles. The van der Waals surface area contributed by atoms with E-state index in [1.165, 1.54) is 19.3 Å². The van der Waals surface area contributed by atoms with E-state index in [1.54, 1.807) is 17.0 Å². The molecule has 4 nitrogen and oxygen atoms in total. The van der Waals surface area contributed by atoms with E-state index in [0.717, 1.165) is 25.3 Å². The molecule has 1 saturated heterocycles. The highest BCUT2D eigenvalue weighted by molar-refractivity contribution is 6.30. The average molecular weight is 282 g/mol. The third-order valence-electron chi connectivity index (χ3n) is 3.49. The first-order valence-corrected chi connectivity index (χ1v) is 7.09. The molecule has 1 fully saturated rings. The summed E-state index contributed by atoms with van der Waals surface area (Å²) in [6, 6.07) is 6.77. The molecular weight excluding hydrogens is 262 g/mol. The van der Waals surface area contributed by atoms with Crippen molar-refractivity contribution in [2.24, 2.45) is 5.73 Å². The van der Waals surface area contributed by atoms with E-state index >= 15 is 0 Å². The lowest BCUT2D eigenvalue weighted by Gasteiger charge is -2.29. The first kappa shape index (κ1) is 14.2. The van der Waals surface area contributed by atoms with E-state index in [4.69, 9.17) is 17.3 Å². The molecule has 0 spiro atoms. The molecule has 19 heavy (non-hydrogen) atoms. The van der Waals surface area contributed by atoms with Crippen LogP contribution in [0, 0.1) is 0 Å². The number of carbonyl (C=O) groups excluding carboxylic acids is 1. The Hall–Kier alpha value is -1.26. The zero-order chi connectivity index (χ0) is 13.7. The Labute approximate surface area is 119 Å². The van der Waals surface area contributed by atoms with Crippen molar-refractivity contribution in [2.45, 2.75) is 19.3 Å². The fourth-order valence-corrected chi connectivity index (χ4v) is 2.54. The molecule has 1 heterocycles. The smallest absolute Gasteiger partial charge is 0.319 e. The summed E-state index contributed by atoms with van der Waals surface area (Å²) in [5.74, 6) is 0. The second-order valence-corrected chi connectivity index (χ2v) is 5.31. The number of benzene rings is 1. The van der Waals surface area contributed by atoms with Gasteiger partial charge in [-0.05, 0) is 50.2 Å². The van der Waals surface area contributed by atoms with Gasteiger partial charge in [-0.1, -0.05) is 18.0 Å². The highest BCUT2D eigenvalue weighted by Crippen LogP contribution is 2.18. The Morgan fingerprint density at radius 2 is 1.84 bits per heavy atom. The van der Waals surface area contributed by atoms with Crippen LogP contribution in [0.25, 0.3) is 0 Å². The minimum absolute atomic E-state index is 0.417. The van der Waals surface area contributed by atoms with Crippen molar-refractivity contribution in [1.29, 1.82) is 0 Å². The molecule has 0 atom stereocenters. The van der Waals surface area contributed by atoms with E-state index in [9.17, 15) is 4.79 Å². The minimum Gasteiger partial charge on any atom is -0.351 e. The van der Waals surface area contributed by atoms with Gasteiger partial charge < -0.3 is 10.6 Å². The average Bonchev–Trinajstić information content (AvgIpc) is 2.42. The maximum atomic E-state index is 11.6. The number of hydrogen-bond donors (Lipinski definition) is 1. The second-order valence-electron chi connectivity index (χ2n) is 4.87. The number of anilines is 1. The van der Waals surface area contributed by atoms with Crippen LogP contribution in [0.2, 0.25) is 5.02 Å². The monoisotopic (exact) mass is 281 g/mol. The van der Waals surface area contributed by atoms with Crippen LogP contribution in [0.1, 0.15) is 19.3 Å². The van der Waals surface area contributed by atoms with Gasteiger partial charge in [0.05, 0.1) is 0 Å². The van der Waals surface area contributed by atoms with Crippen molar-refractivity contribution in [2.75, 3.05) is 31.1 Å². The highest BCUT2D eigenvalue weighted by Gasteiger charge is 2.15. The third-order valence-corrected chi connectivity index (χ3v) is 3.74. The Bertz CT molecular complexity index is 415. The van der Waals surface area contributed by atoms with E-state index in [0.29, 0.717) is 11.6 Å². The van der Waals surface area contributed by atoms with Gasteiger partial charge in [0.15, 0.2) is 0 Å². The topological polar surface area (TPSA) is 49.6 Å². The Balaban J connectivity index is 1.96. The van der Waals surface area contributed by atoms with Crippen LogP contribution in [0.3, 0.4) is 0 Å². The van der Waals surface area contributed by atoms with Gasteiger partial charge in [-0.3, -0.25) is 4.90 Å². The largest absolute Gasteiger partial charge is 0.351 e. The second kappa shape index (κ2) is 6.78. The summed E-state index contributed by atoms with van der Waals surface area (Å²) >= 11 is 5.85. The quantitative estimate of drug-likeness (QED) is 0.922. The number of nitrogens with two attached hydrogens (primary N) is 1. The first-order chi connectivity index (χ1) is 9.16. The Morgan fingerprint density at radius 3 is 2.42 bits per heavy atom. The van der Waals surface area contributed by atoms with Gasteiger partial charge in [0.25, 0.3) is 0 Å². The molecule has 0 bridgehead atoms. The standard InChI is InChI=1S/C14H20ClN3O/c15-12-4-6-13(7-5-12)18(14(16)19)11-10-17-8-2-1-3-9-17/h4-7H,1-3,8-11H2,(H2,16,19). The van der Waals surface area contributed by atoms with Crippen molar-refractivity contribution in [3.05, 3.63) is 29.3 Å². The van der Waals surface area contributed by atoms with Crippen molar-refractivity contribution in [3.8, 4) is 0 Å². The van der Waals surface area contributed by atoms with Crippen molar-refractivity contribution < 1.29 is 4.79 Å². The maximum absolute atomic E-state index is 11.6. The summed E-state index contributed by atoms with van der Waals surface area (Å²) in [5, 5.41) is 0.657. The number of urea groups is 1. The summed E-state index contributed by atoms with van der Waals surface area (Å²) in [6.07, 6.45) is 3.81. The number of amides is 2. The van der Waals surface area contributed by atoms with Gasteiger partial charge in [-0.2, -0.15) is 0 Å². The molecule has 5 heteroatoms. The molecule has 1 aliphatic rings. The van der Waals surface area contributed by atoms with Crippen LogP contribution in [-0.2, 0) is 0 Å². The SMILES string of the molecule is NC(=O)N(CCN1CCCCC1)c1ccc(Cl)cc1. The molecule has 1 aromatic carbocycles. The van der Waals surface area contributed by atoms with Crippen LogP contribution >= 0.6 is 11.6 Å². The molecule has 0 radical (unpaired) electrons. The molecule has 2 rings (SSSR count). The fourth-order valence-electron chi connectivity index (χ4n) is 2.41. The fraction of sp³-hybridized carbons (Fsp3) is 0.500. The molecule has 0 unspecified atom stereocenters. The maximum Gasteiger partial charge on any atom is 0.319 e. The van der Waals surface area contributed by atoms with Gasteiger partial charge in [-0.15, -0.1) is 0 Å². The number of carbonyl (C=O) groups is 1. The summed E-state index contributed by atoms with van der Waals surface area (Å²) in [4.78, 5) is 15.5. The number of piperidine rings is 1. The first-order valence-electron chi connectivity index (χ1n) is 6.72. The molecule has 2 amide bonds. The zero-order valence-electron chi connectivity index (χ0n) is 11.0. The minimum atomic E-state index is -0.417. The van der Waals surface area contributed by atoms with Crippen molar-refractivity contribution in [3.63, 3.8) is 0 Å². The number of rotatable bonds is 4. The van der Waals surface area contributed by atoms with Crippen LogP contribution in [-0.4, -0.2) is 37.1 Å². The van der Waals surface area contributed by atoms with Crippen molar-refractivity contribution >= 4 is 23.3 Å². The van der Waals surface area contributed by atoms with Gasteiger partial charge >= 0.3 is 6.03 Å². The van der Waals surface area contributed by atoms with E-state index in [2.05, 4.69) is 4.90 Å². The molecule has 0 saturated carbocycles. The molecule has 1 aliphatic heterocycles. The highest BCUT2D eigenvalue weighted by atomic mass is 35.5. The summed E-state index contributed by atoms with van der Waals surface area (Å²) in [5.41, 5.74) is 6.26. The lowest BCUT2D eigenvalue weighted by Crippen LogP contribution is -2.42. The molecule has 2 N–H and O–H groups in total. The predicted octanol–water partition coefficient (Wildman–Crippen LogP) is 2.71. The van der Waals surface area contributed by atoms with Gasteiger partial charge in [0, 0.05) is 23.8 Å². The van der Waals surface area contributed by atoms with Crippen LogP contribution in [0.15, 0.2) is 24.3 Å². The Morgan fingerprint density at radius 1 is 1.21 bits per heavy atom. The zero-order valence-corrected chi connectivity index (χ0v) is 11.8. The number of hydrogen-bond acceptors (Lipinski definition) is 2. The molecule has 1 aromatic rings. The summed E-state index contributed by atoms with van der Waals surface area (Å²) in [6.45, 7) is 3.73.